The number of nitrogens with one attached hydrogen (secondary N) is 1. The molecule has 23 heavy (non-hydrogen) atoms. The second-order valence-electron chi connectivity index (χ2n) is 5.15. The van der Waals surface area contributed by atoms with Crippen molar-refractivity contribution in [1.29, 1.82) is 0 Å². The standard InChI is InChI=1S/C16H20N4O3/c1-12-9-14(13(2)19(12)7-8-23-3)11-17-18-15-5-4-6-16(10-15)20(21)22/h4-6,9-11,18H,7-8H2,1-3H3/b17-11-. The molecule has 0 fully saturated rings. The minimum Gasteiger partial charge on any atom is -0.383 e. The van der Waals surface area contributed by atoms with Crippen LogP contribution in [0.2, 0.25) is 0 Å². The van der Waals surface area contributed by atoms with Crippen molar-refractivity contribution in [1.82, 2.24) is 4.57 Å². The van der Waals surface area contributed by atoms with E-state index in [1.165, 1.54) is 12.1 Å². The van der Waals surface area contributed by atoms with E-state index >= 15 is 0 Å². The second-order valence-corrected chi connectivity index (χ2v) is 5.15. The first-order valence-corrected chi connectivity index (χ1v) is 7.22. The van der Waals surface area contributed by atoms with Crippen molar-refractivity contribution in [2.24, 2.45) is 5.10 Å². The summed E-state index contributed by atoms with van der Waals surface area (Å²) in [4.78, 5) is 10.3. The van der Waals surface area contributed by atoms with Crippen molar-refractivity contribution in [2.75, 3.05) is 19.1 Å². The summed E-state index contributed by atoms with van der Waals surface area (Å²) in [6.07, 6.45) is 1.71. The summed E-state index contributed by atoms with van der Waals surface area (Å²) in [6, 6.07) is 8.28. The third-order valence-corrected chi connectivity index (χ3v) is 3.59. The van der Waals surface area contributed by atoms with Gasteiger partial charge in [-0.2, -0.15) is 5.10 Å². The molecule has 2 aromatic rings. The molecule has 0 saturated carbocycles. The number of non-ortho nitro benzene ring substituents is 1. The number of nitro groups is 1. The van der Waals surface area contributed by atoms with Gasteiger partial charge >= 0.3 is 0 Å². The predicted molar refractivity (Wildman–Crippen MR) is 90.1 cm³/mol. The van der Waals surface area contributed by atoms with E-state index in [0.29, 0.717) is 12.3 Å². The topological polar surface area (TPSA) is 81.7 Å². The lowest BCUT2D eigenvalue weighted by Gasteiger charge is -2.08. The first-order valence-electron chi connectivity index (χ1n) is 7.22. The average molecular weight is 316 g/mol. The largest absolute Gasteiger partial charge is 0.383 e. The van der Waals surface area contributed by atoms with Crippen molar-refractivity contribution in [2.45, 2.75) is 20.4 Å². The number of benzene rings is 1. The smallest absolute Gasteiger partial charge is 0.271 e. The Morgan fingerprint density at radius 1 is 1.39 bits per heavy atom. The predicted octanol–water partition coefficient (Wildman–Crippen LogP) is 3.11. The lowest BCUT2D eigenvalue weighted by molar-refractivity contribution is -0.384. The maximum atomic E-state index is 10.7. The first kappa shape index (κ1) is 16.7. The normalized spacial score (nSPS) is 11.1. The van der Waals surface area contributed by atoms with Gasteiger partial charge in [-0.3, -0.25) is 15.5 Å². The van der Waals surface area contributed by atoms with E-state index < -0.39 is 4.92 Å². The van der Waals surface area contributed by atoms with E-state index in [2.05, 4.69) is 15.1 Å². The van der Waals surface area contributed by atoms with Crippen LogP contribution in [0.3, 0.4) is 0 Å². The highest BCUT2D eigenvalue weighted by atomic mass is 16.6. The van der Waals surface area contributed by atoms with Crippen molar-refractivity contribution in [3.05, 3.63) is 57.4 Å². The summed E-state index contributed by atoms with van der Waals surface area (Å²) in [6.45, 7) is 5.50. The number of rotatable bonds is 7. The van der Waals surface area contributed by atoms with Gasteiger partial charge in [0.15, 0.2) is 0 Å². The Hall–Kier alpha value is -2.67. The zero-order valence-corrected chi connectivity index (χ0v) is 13.4. The third-order valence-electron chi connectivity index (χ3n) is 3.59. The van der Waals surface area contributed by atoms with Gasteiger partial charge in [0.25, 0.3) is 5.69 Å². The van der Waals surface area contributed by atoms with E-state index in [9.17, 15) is 10.1 Å². The number of hydrogen-bond donors (Lipinski definition) is 1. The van der Waals surface area contributed by atoms with Crippen LogP contribution >= 0.6 is 0 Å². The first-order chi connectivity index (χ1) is 11.0. The summed E-state index contributed by atoms with van der Waals surface area (Å²) in [7, 11) is 1.68. The van der Waals surface area contributed by atoms with Crippen LogP contribution in [0.15, 0.2) is 35.4 Å². The number of nitro benzene ring substituents is 1. The number of aromatic nitrogens is 1. The Bertz CT molecular complexity index is 722. The molecule has 0 saturated heterocycles. The van der Waals surface area contributed by atoms with Crippen LogP contribution in [0.1, 0.15) is 17.0 Å². The van der Waals surface area contributed by atoms with E-state index in [1.54, 1.807) is 25.5 Å². The highest BCUT2D eigenvalue weighted by molar-refractivity contribution is 5.82. The molecule has 1 aromatic heterocycles. The molecule has 7 heteroatoms. The highest BCUT2D eigenvalue weighted by Gasteiger charge is 2.07. The molecule has 1 aromatic carbocycles. The minimum atomic E-state index is -0.432. The molecule has 0 atom stereocenters. The van der Waals surface area contributed by atoms with Crippen LogP contribution in [0, 0.1) is 24.0 Å². The zero-order valence-electron chi connectivity index (χ0n) is 13.4. The van der Waals surface area contributed by atoms with E-state index in [-0.39, 0.29) is 5.69 Å². The number of ether oxygens (including phenoxy) is 1. The molecule has 0 aliphatic carbocycles. The van der Waals surface area contributed by atoms with Gasteiger partial charge in [0.05, 0.1) is 23.4 Å². The van der Waals surface area contributed by atoms with Gasteiger partial charge in [0.2, 0.25) is 0 Å². The molecular weight excluding hydrogens is 296 g/mol. The van der Waals surface area contributed by atoms with Gasteiger partial charge in [-0.15, -0.1) is 0 Å². The zero-order chi connectivity index (χ0) is 16.8. The summed E-state index contributed by atoms with van der Waals surface area (Å²) in [5, 5.41) is 14.9. The van der Waals surface area contributed by atoms with Crippen LogP contribution in [-0.4, -0.2) is 29.4 Å². The SMILES string of the molecule is COCCn1c(C)cc(/C=N\Nc2cccc([N+](=O)[O-])c2)c1C. The summed E-state index contributed by atoms with van der Waals surface area (Å²) >= 11 is 0. The minimum absolute atomic E-state index is 0.0305. The molecule has 0 aliphatic heterocycles. The second kappa shape index (κ2) is 7.55. The van der Waals surface area contributed by atoms with Crippen molar-refractivity contribution >= 4 is 17.6 Å². The number of methoxy groups -OCH3 is 1. The molecule has 0 amide bonds. The summed E-state index contributed by atoms with van der Waals surface area (Å²) in [5.41, 5.74) is 6.66. The lowest BCUT2D eigenvalue weighted by Crippen LogP contribution is -2.07. The molecule has 122 valence electrons. The van der Waals surface area contributed by atoms with Gasteiger partial charge < -0.3 is 9.30 Å². The summed E-state index contributed by atoms with van der Waals surface area (Å²) < 4.78 is 7.28. The molecular formula is C16H20N4O3. The molecule has 0 spiro atoms. The highest BCUT2D eigenvalue weighted by Crippen LogP contribution is 2.17. The molecule has 1 N–H and O–H groups in total. The van der Waals surface area contributed by atoms with Gasteiger partial charge in [-0.1, -0.05) is 6.07 Å². The Kier molecular flexibility index (Phi) is 5.48. The van der Waals surface area contributed by atoms with Gasteiger partial charge in [-0.25, -0.2) is 0 Å². The summed E-state index contributed by atoms with van der Waals surface area (Å²) in [5.74, 6) is 0. The van der Waals surface area contributed by atoms with E-state index in [4.69, 9.17) is 4.74 Å². The molecule has 0 aliphatic rings. The van der Waals surface area contributed by atoms with Gasteiger partial charge in [0, 0.05) is 42.7 Å². The maximum absolute atomic E-state index is 10.7. The monoisotopic (exact) mass is 316 g/mol. The van der Waals surface area contributed by atoms with Gasteiger partial charge in [-0.05, 0) is 26.0 Å². The van der Waals surface area contributed by atoms with Crippen LogP contribution in [0.4, 0.5) is 11.4 Å². The fourth-order valence-corrected chi connectivity index (χ4v) is 2.35. The third kappa shape index (κ3) is 4.17. The fourth-order valence-electron chi connectivity index (χ4n) is 2.35. The number of anilines is 1. The molecule has 1 heterocycles. The number of hydrazone groups is 1. The van der Waals surface area contributed by atoms with Gasteiger partial charge in [0.1, 0.15) is 0 Å². The lowest BCUT2D eigenvalue weighted by atomic mass is 10.3. The van der Waals surface area contributed by atoms with Crippen LogP contribution in [-0.2, 0) is 11.3 Å². The number of aryl methyl sites for hydroxylation is 1. The average Bonchev–Trinajstić information content (AvgIpc) is 2.80. The van der Waals surface area contributed by atoms with Crippen LogP contribution < -0.4 is 5.43 Å². The Morgan fingerprint density at radius 2 is 2.17 bits per heavy atom. The molecule has 7 nitrogen and oxygen atoms in total. The van der Waals surface area contributed by atoms with Crippen LogP contribution in [0.25, 0.3) is 0 Å². The quantitative estimate of drug-likeness (QED) is 0.483. The molecule has 0 bridgehead atoms. The molecule has 0 radical (unpaired) electrons. The van der Waals surface area contributed by atoms with Crippen molar-refractivity contribution < 1.29 is 9.66 Å². The number of hydrogen-bond acceptors (Lipinski definition) is 5. The molecule has 0 unspecified atom stereocenters. The Morgan fingerprint density at radius 3 is 2.87 bits per heavy atom. The Balaban J connectivity index is 2.09. The van der Waals surface area contributed by atoms with Crippen molar-refractivity contribution in [3.8, 4) is 0 Å². The number of nitrogens with zero attached hydrogens (tertiary/aromatic N) is 3. The van der Waals surface area contributed by atoms with E-state index in [1.807, 2.05) is 19.9 Å². The fraction of sp³-hybridized carbons (Fsp3) is 0.312. The van der Waals surface area contributed by atoms with E-state index in [0.717, 1.165) is 23.5 Å². The Labute approximate surface area is 134 Å². The molecule has 2 rings (SSSR count). The van der Waals surface area contributed by atoms with Crippen LogP contribution in [0.5, 0.6) is 0 Å². The maximum Gasteiger partial charge on any atom is 0.271 e. The van der Waals surface area contributed by atoms with Crippen molar-refractivity contribution in [3.63, 3.8) is 0 Å².